The molecule has 0 bridgehead atoms. The van der Waals surface area contributed by atoms with Gasteiger partial charge in [-0.1, -0.05) is 19.3 Å². The van der Waals surface area contributed by atoms with Crippen LogP contribution in [0, 0.1) is 19.8 Å². The normalized spacial score (nSPS) is 16.1. The van der Waals surface area contributed by atoms with Crippen LogP contribution >= 0.6 is 0 Å². The van der Waals surface area contributed by atoms with Gasteiger partial charge in [-0.05, 0) is 32.3 Å². The fourth-order valence-electron chi connectivity index (χ4n) is 1.97. The molecule has 1 heterocycles. The molecule has 0 aliphatic heterocycles. The monoisotopic (exact) mass is 205 g/mol. The van der Waals surface area contributed by atoms with Crippen LogP contribution in [-0.4, -0.2) is 16.5 Å². The minimum Gasteiger partial charge on any atom is -0.354 e. The molecule has 0 atom stereocenters. The first-order valence-electron chi connectivity index (χ1n) is 5.80. The number of anilines is 1. The zero-order chi connectivity index (χ0) is 10.7. The first-order chi connectivity index (χ1) is 7.24. The van der Waals surface area contributed by atoms with Gasteiger partial charge in [-0.15, -0.1) is 0 Å². The molecule has 1 saturated carbocycles. The Balaban J connectivity index is 1.81. The lowest BCUT2D eigenvalue weighted by Gasteiger charge is -2.25. The maximum atomic E-state index is 4.35. The van der Waals surface area contributed by atoms with Gasteiger partial charge in [0.2, 0.25) is 5.95 Å². The number of aromatic nitrogens is 2. The van der Waals surface area contributed by atoms with Gasteiger partial charge in [-0.2, -0.15) is 0 Å². The molecule has 1 fully saturated rings. The summed E-state index contributed by atoms with van der Waals surface area (Å²) in [5, 5.41) is 3.30. The second-order valence-electron chi connectivity index (χ2n) is 4.49. The summed E-state index contributed by atoms with van der Waals surface area (Å²) in [6.45, 7) is 5.02. The van der Waals surface area contributed by atoms with E-state index >= 15 is 0 Å². The Kier molecular flexibility index (Phi) is 3.19. The number of aryl methyl sites for hydroxylation is 2. The molecule has 3 nitrogen and oxygen atoms in total. The predicted molar refractivity (Wildman–Crippen MR) is 62.0 cm³/mol. The lowest BCUT2D eigenvalue weighted by atomic mass is 9.83. The number of nitrogens with one attached hydrogen (secondary N) is 1. The molecule has 1 aliphatic rings. The van der Waals surface area contributed by atoms with Crippen LogP contribution in [0.5, 0.6) is 0 Å². The Morgan fingerprint density at radius 1 is 1.27 bits per heavy atom. The summed E-state index contributed by atoms with van der Waals surface area (Å²) in [5.41, 5.74) is 2.07. The van der Waals surface area contributed by atoms with Crippen LogP contribution in [0.3, 0.4) is 0 Å². The van der Waals surface area contributed by atoms with E-state index in [9.17, 15) is 0 Å². The largest absolute Gasteiger partial charge is 0.354 e. The van der Waals surface area contributed by atoms with Crippen molar-refractivity contribution in [1.29, 1.82) is 0 Å². The molecule has 0 unspecified atom stereocenters. The van der Waals surface area contributed by atoms with Crippen molar-refractivity contribution < 1.29 is 0 Å². The van der Waals surface area contributed by atoms with E-state index in [0.717, 1.165) is 29.8 Å². The maximum Gasteiger partial charge on any atom is 0.223 e. The molecule has 1 aromatic heterocycles. The van der Waals surface area contributed by atoms with Gasteiger partial charge in [-0.25, -0.2) is 9.97 Å². The minimum atomic E-state index is 0.784. The van der Waals surface area contributed by atoms with Crippen molar-refractivity contribution in [3.05, 3.63) is 17.5 Å². The number of hydrogen-bond acceptors (Lipinski definition) is 3. The highest BCUT2D eigenvalue weighted by atomic mass is 15.1. The van der Waals surface area contributed by atoms with Crippen LogP contribution in [0.15, 0.2) is 6.07 Å². The summed E-state index contributed by atoms with van der Waals surface area (Å²) in [5.74, 6) is 1.73. The van der Waals surface area contributed by atoms with Gasteiger partial charge in [-0.3, -0.25) is 0 Å². The fourth-order valence-corrected chi connectivity index (χ4v) is 1.97. The van der Waals surface area contributed by atoms with Gasteiger partial charge in [0.05, 0.1) is 0 Å². The van der Waals surface area contributed by atoms with Gasteiger partial charge < -0.3 is 5.32 Å². The van der Waals surface area contributed by atoms with E-state index in [1.54, 1.807) is 0 Å². The average Bonchev–Trinajstić information content (AvgIpc) is 2.07. The number of rotatable bonds is 4. The molecule has 0 saturated heterocycles. The Labute approximate surface area is 91.3 Å². The molecule has 15 heavy (non-hydrogen) atoms. The molecular formula is C12H19N3. The zero-order valence-corrected chi connectivity index (χ0v) is 9.58. The van der Waals surface area contributed by atoms with Crippen molar-refractivity contribution in [1.82, 2.24) is 9.97 Å². The third kappa shape index (κ3) is 2.91. The van der Waals surface area contributed by atoms with Crippen molar-refractivity contribution in [2.75, 3.05) is 11.9 Å². The van der Waals surface area contributed by atoms with Crippen LogP contribution < -0.4 is 5.32 Å². The standard InChI is InChI=1S/C12H19N3/c1-9-8-10(2)15-12(14-9)13-7-6-11-4-3-5-11/h8,11H,3-7H2,1-2H3,(H,13,14,15). The molecule has 3 heteroatoms. The maximum absolute atomic E-state index is 4.35. The molecule has 0 aromatic carbocycles. The van der Waals surface area contributed by atoms with Crippen LogP contribution in [0.25, 0.3) is 0 Å². The average molecular weight is 205 g/mol. The zero-order valence-electron chi connectivity index (χ0n) is 9.58. The molecular weight excluding hydrogens is 186 g/mol. The molecule has 1 aliphatic carbocycles. The quantitative estimate of drug-likeness (QED) is 0.821. The first kappa shape index (κ1) is 10.4. The number of nitrogens with zero attached hydrogens (tertiary/aromatic N) is 2. The highest BCUT2D eigenvalue weighted by Crippen LogP contribution is 2.28. The van der Waals surface area contributed by atoms with Crippen molar-refractivity contribution in [3.8, 4) is 0 Å². The Morgan fingerprint density at radius 2 is 1.93 bits per heavy atom. The smallest absolute Gasteiger partial charge is 0.223 e. The van der Waals surface area contributed by atoms with E-state index in [-0.39, 0.29) is 0 Å². The van der Waals surface area contributed by atoms with Gasteiger partial charge in [0, 0.05) is 17.9 Å². The topological polar surface area (TPSA) is 37.8 Å². The van der Waals surface area contributed by atoms with Crippen molar-refractivity contribution in [2.45, 2.75) is 39.5 Å². The van der Waals surface area contributed by atoms with E-state index < -0.39 is 0 Å². The van der Waals surface area contributed by atoms with Crippen LogP contribution in [-0.2, 0) is 0 Å². The van der Waals surface area contributed by atoms with E-state index in [4.69, 9.17) is 0 Å². The van der Waals surface area contributed by atoms with Crippen LogP contribution in [0.4, 0.5) is 5.95 Å². The Morgan fingerprint density at radius 3 is 2.47 bits per heavy atom. The lowest BCUT2D eigenvalue weighted by Crippen LogP contribution is -2.16. The molecule has 2 rings (SSSR count). The summed E-state index contributed by atoms with van der Waals surface area (Å²) in [6, 6.07) is 2.00. The number of hydrogen-bond donors (Lipinski definition) is 1. The highest BCUT2D eigenvalue weighted by molar-refractivity contribution is 5.27. The first-order valence-corrected chi connectivity index (χ1v) is 5.80. The second kappa shape index (κ2) is 4.60. The van der Waals surface area contributed by atoms with E-state index in [0.29, 0.717) is 0 Å². The Bertz CT molecular complexity index is 311. The summed E-state index contributed by atoms with van der Waals surface area (Å²) in [4.78, 5) is 8.70. The summed E-state index contributed by atoms with van der Waals surface area (Å²) in [7, 11) is 0. The van der Waals surface area contributed by atoms with Crippen molar-refractivity contribution in [3.63, 3.8) is 0 Å². The van der Waals surface area contributed by atoms with Crippen LogP contribution in [0.1, 0.15) is 37.1 Å². The van der Waals surface area contributed by atoms with Crippen molar-refractivity contribution in [2.24, 2.45) is 5.92 Å². The molecule has 1 N–H and O–H groups in total. The fraction of sp³-hybridized carbons (Fsp3) is 0.667. The van der Waals surface area contributed by atoms with Crippen molar-refractivity contribution >= 4 is 5.95 Å². The SMILES string of the molecule is Cc1cc(C)nc(NCCC2CCC2)n1. The second-order valence-corrected chi connectivity index (χ2v) is 4.49. The molecule has 0 radical (unpaired) electrons. The van der Waals surface area contributed by atoms with Gasteiger partial charge in [0.25, 0.3) is 0 Å². The highest BCUT2D eigenvalue weighted by Gasteiger charge is 2.16. The van der Waals surface area contributed by atoms with Gasteiger partial charge >= 0.3 is 0 Å². The third-order valence-electron chi connectivity index (χ3n) is 3.04. The minimum absolute atomic E-state index is 0.784. The van der Waals surface area contributed by atoms with Crippen LogP contribution in [0.2, 0.25) is 0 Å². The van der Waals surface area contributed by atoms with E-state index in [1.165, 1.54) is 25.7 Å². The summed E-state index contributed by atoms with van der Waals surface area (Å²) < 4.78 is 0. The Hall–Kier alpha value is -1.12. The summed E-state index contributed by atoms with van der Waals surface area (Å²) in [6.07, 6.45) is 5.51. The molecule has 1 aromatic rings. The van der Waals surface area contributed by atoms with E-state index in [2.05, 4.69) is 15.3 Å². The lowest BCUT2D eigenvalue weighted by molar-refractivity contribution is 0.303. The van der Waals surface area contributed by atoms with E-state index in [1.807, 2.05) is 19.9 Å². The molecule has 0 spiro atoms. The molecule has 0 amide bonds. The predicted octanol–water partition coefficient (Wildman–Crippen LogP) is 2.70. The molecule has 82 valence electrons. The van der Waals surface area contributed by atoms with Gasteiger partial charge in [0.15, 0.2) is 0 Å². The third-order valence-corrected chi connectivity index (χ3v) is 3.04. The summed E-state index contributed by atoms with van der Waals surface area (Å²) >= 11 is 0. The van der Waals surface area contributed by atoms with Gasteiger partial charge in [0.1, 0.15) is 0 Å².